The van der Waals surface area contributed by atoms with Gasteiger partial charge in [-0.05, 0) is 0 Å². The molecular formula is C6H12N2O2S. The van der Waals surface area contributed by atoms with E-state index in [1.165, 1.54) is 0 Å². The summed E-state index contributed by atoms with van der Waals surface area (Å²) in [4.78, 5) is 12.8. The van der Waals surface area contributed by atoms with Crippen molar-refractivity contribution >= 4 is 18.7 Å². The summed E-state index contributed by atoms with van der Waals surface area (Å²) in [6, 6.07) is 0. The molecule has 11 heavy (non-hydrogen) atoms. The second-order valence-electron chi connectivity index (χ2n) is 2.42. The Balaban J connectivity index is 2.19. The van der Waals surface area contributed by atoms with Crippen molar-refractivity contribution in [3.05, 3.63) is 0 Å². The van der Waals surface area contributed by atoms with E-state index in [1.807, 2.05) is 4.90 Å². The normalized spacial score (nSPS) is 19.7. The molecule has 0 bridgehead atoms. The van der Waals surface area contributed by atoms with Gasteiger partial charge in [0.25, 0.3) is 0 Å². The van der Waals surface area contributed by atoms with Crippen LogP contribution in [0.25, 0.3) is 0 Å². The largest absolute Gasteiger partial charge is 0.379 e. The van der Waals surface area contributed by atoms with Crippen molar-refractivity contribution in [3.63, 3.8) is 0 Å². The van der Waals surface area contributed by atoms with E-state index in [-0.39, 0.29) is 5.91 Å². The van der Waals surface area contributed by atoms with Crippen molar-refractivity contribution in [2.75, 3.05) is 32.8 Å². The number of rotatable bonds is 2. The highest BCUT2D eigenvalue weighted by Crippen LogP contribution is 1.95. The second kappa shape index (κ2) is 4.58. The Morgan fingerprint density at radius 3 is 2.73 bits per heavy atom. The maximum absolute atomic E-state index is 10.8. The number of ether oxygens (including phenoxy) is 1. The molecule has 0 aromatic carbocycles. The highest BCUT2D eigenvalue weighted by molar-refractivity contribution is 7.78. The summed E-state index contributed by atoms with van der Waals surface area (Å²) in [5.74, 6) is -0.0600. The van der Waals surface area contributed by atoms with Gasteiger partial charge in [-0.1, -0.05) is 12.8 Å². The fourth-order valence-corrected chi connectivity index (χ4v) is 1.07. The van der Waals surface area contributed by atoms with E-state index in [0.29, 0.717) is 6.54 Å². The van der Waals surface area contributed by atoms with E-state index in [4.69, 9.17) is 4.74 Å². The Labute approximate surface area is 71.4 Å². The van der Waals surface area contributed by atoms with Crippen LogP contribution in [0, 0.1) is 0 Å². The van der Waals surface area contributed by atoms with Crippen LogP contribution in [0.3, 0.4) is 0 Å². The van der Waals surface area contributed by atoms with Gasteiger partial charge in [0.1, 0.15) is 0 Å². The lowest BCUT2D eigenvalue weighted by Crippen LogP contribution is -2.41. The molecule has 0 saturated carbocycles. The quantitative estimate of drug-likeness (QED) is 0.546. The van der Waals surface area contributed by atoms with Gasteiger partial charge in [0.2, 0.25) is 5.91 Å². The van der Waals surface area contributed by atoms with Crippen molar-refractivity contribution in [1.29, 1.82) is 0 Å². The highest BCUT2D eigenvalue weighted by Gasteiger charge is 2.12. The van der Waals surface area contributed by atoms with Crippen LogP contribution in [0.15, 0.2) is 0 Å². The van der Waals surface area contributed by atoms with E-state index in [1.54, 1.807) is 0 Å². The molecule has 1 amide bonds. The Morgan fingerprint density at radius 1 is 1.55 bits per heavy atom. The lowest BCUT2D eigenvalue weighted by atomic mass is 10.4. The minimum atomic E-state index is -0.0600. The van der Waals surface area contributed by atoms with E-state index >= 15 is 0 Å². The molecule has 0 spiro atoms. The van der Waals surface area contributed by atoms with E-state index in [0.717, 1.165) is 26.3 Å². The SMILES string of the molecule is O=C(CN1CCOCC1)NS. The number of hydrogen-bond donors (Lipinski definition) is 2. The third-order valence-corrected chi connectivity index (χ3v) is 1.85. The van der Waals surface area contributed by atoms with Crippen LogP contribution in [0.4, 0.5) is 0 Å². The minimum absolute atomic E-state index is 0.0600. The smallest absolute Gasteiger partial charge is 0.243 e. The third kappa shape index (κ3) is 3.09. The molecular weight excluding hydrogens is 164 g/mol. The molecule has 1 fully saturated rings. The van der Waals surface area contributed by atoms with E-state index in [2.05, 4.69) is 17.5 Å². The number of hydrogen-bond acceptors (Lipinski definition) is 4. The minimum Gasteiger partial charge on any atom is -0.379 e. The molecule has 0 aliphatic carbocycles. The first kappa shape index (κ1) is 8.83. The van der Waals surface area contributed by atoms with Gasteiger partial charge in [-0.25, -0.2) is 0 Å². The van der Waals surface area contributed by atoms with Gasteiger partial charge in [-0.2, -0.15) is 0 Å². The van der Waals surface area contributed by atoms with Gasteiger partial charge in [0.15, 0.2) is 0 Å². The van der Waals surface area contributed by atoms with Crippen molar-refractivity contribution in [1.82, 2.24) is 9.62 Å². The number of carbonyl (C=O) groups is 1. The fraction of sp³-hybridized carbons (Fsp3) is 0.833. The topological polar surface area (TPSA) is 41.6 Å². The molecule has 1 aliphatic rings. The molecule has 0 radical (unpaired) electrons. The predicted molar refractivity (Wildman–Crippen MR) is 44.4 cm³/mol. The summed E-state index contributed by atoms with van der Waals surface area (Å²) < 4.78 is 7.41. The maximum Gasteiger partial charge on any atom is 0.243 e. The van der Waals surface area contributed by atoms with Gasteiger partial charge >= 0.3 is 0 Å². The Hall–Kier alpha value is -0.260. The molecule has 1 aliphatic heterocycles. The van der Waals surface area contributed by atoms with Gasteiger partial charge in [0, 0.05) is 13.1 Å². The summed E-state index contributed by atoms with van der Waals surface area (Å²) in [6.07, 6.45) is 0. The van der Waals surface area contributed by atoms with Crippen LogP contribution in [0.1, 0.15) is 0 Å². The lowest BCUT2D eigenvalue weighted by Gasteiger charge is -2.25. The van der Waals surface area contributed by atoms with Crippen molar-refractivity contribution in [3.8, 4) is 0 Å². The molecule has 1 heterocycles. The molecule has 0 unspecified atom stereocenters. The number of thiol groups is 1. The Bertz CT molecular complexity index is 137. The molecule has 1 N–H and O–H groups in total. The molecule has 0 atom stereocenters. The highest BCUT2D eigenvalue weighted by atomic mass is 32.1. The molecule has 1 saturated heterocycles. The van der Waals surface area contributed by atoms with E-state index in [9.17, 15) is 4.79 Å². The standard InChI is InChI=1S/C6H12N2O2S/c9-6(7-11)5-8-1-3-10-4-2-8/h11H,1-5H2,(H,7,9). The first-order valence-corrected chi connectivity index (χ1v) is 4.00. The van der Waals surface area contributed by atoms with E-state index < -0.39 is 0 Å². The predicted octanol–water partition coefficient (Wildman–Crippen LogP) is -0.720. The summed E-state index contributed by atoms with van der Waals surface area (Å²) in [7, 11) is 0. The molecule has 0 aromatic rings. The second-order valence-corrected chi connectivity index (χ2v) is 2.65. The van der Waals surface area contributed by atoms with Crippen LogP contribution in [-0.4, -0.2) is 43.7 Å². The van der Waals surface area contributed by atoms with Crippen LogP contribution in [0.5, 0.6) is 0 Å². The maximum atomic E-state index is 10.8. The number of nitrogens with zero attached hydrogens (tertiary/aromatic N) is 1. The lowest BCUT2D eigenvalue weighted by molar-refractivity contribution is -0.121. The van der Waals surface area contributed by atoms with Crippen LogP contribution < -0.4 is 4.72 Å². The average Bonchev–Trinajstić information content (AvgIpc) is 2.06. The molecule has 5 heteroatoms. The molecule has 64 valence electrons. The zero-order valence-electron chi connectivity index (χ0n) is 6.25. The first-order chi connectivity index (χ1) is 5.33. The van der Waals surface area contributed by atoms with Crippen LogP contribution >= 0.6 is 12.8 Å². The van der Waals surface area contributed by atoms with Crippen molar-refractivity contribution in [2.24, 2.45) is 0 Å². The Morgan fingerprint density at radius 2 is 2.18 bits per heavy atom. The summed E-state index contributed by atoms with van der Waals surface area (Å²) in [5, 5.41) is 0. The number of carbonyl (C=O) groups excluding carboxylic acids is 1. The van der Waals surface area contributed by atoms with Gasteiger partial charge < -0.3 is 9.46 Å². The van der Waals surface area contributed by atoms with Gasteiger partial charge in [0.05, 0.1) is 19.8 Å². The van der Waals surface area contributed by atoms with Crippen LogP contribution in [0.2, 0.25) is 0 Å². The average molecular weight is 176 g/mol. The summed E-state index contributed by atoms with van der Waals surface area (Å²) in [5.41, 5.74) is 0. The zero-order chi connectivity index (χ0) is 8.10. The number of morpholine rings is 1. The zero-order valence-corrected chi connectivity index (χ0v) is 7.14. The van der Waals surface area contributed by atoms with Crippen molar-refractivity contribution in [2.45, 2.75) is 0 Å². The van der Waals surface area contributed by atoms with Gasteiger partial charge in [-0.15, -0.1) is 0 Å². The monoisotopic (exact) mass is 176 g/mol. The number of nitrogens with one attached hydrogen (secondary N) is 1. The summed E-state index contributed by atoms with van der Waals surface area (Å²) >= 11 is 3.66. The summed E-state index contributed by atoms with van der Waals surface area (Å²) in [6.45, 7) is 3.54. The van der Waals surface area contributed by atoms with Crippen molar-refractivity contribution < 1.29 is 9.53 Å². The van der Waals surface area contributed by atoms with Gasteiger partial charge in [-0.3, -0.25) is 9.69 Å². The molecule has 1 rings (SSSR count). The molecule has 0 aromatic heterocycles. The first-order valence-electron chi connectivity index (χ1n) is 3.56. The Kier molecular flexibility index (Phi) is 3.68. The third-order valence-electron chi connectivity index (χ3n) is 1.60. The van der Waals surface area contributed by atoms with Crippen LogP contribution in [-0.2, 0) is 9.53 Å². The fourth-order valence-electron chi connectivity index (χ4n) is 0.998. The molecule has 4 nitrogen and oxygen atoms in total. The number of amides is 1.